The number of nitrogens with one attached hydrogen (secondary N) is 3. The SMILES string of the molecule is CNC(=O)Cn1cc(NS(=O)(=O)c2cnc[nH]2)cn1. The maximum atomic E-state index is 11.9. The fourth-order valence-corrected chi connectivity index (χ4v) is 2.26. The first-order valence-corrected chi connectivity index (χ1v) is 6.74. The third-order valence-electron chi connectivity index (χ3n) is 2.23. The molecule has 0 unspecified atom stereocenters. The summed E-state index contributed by atoms with van der Waals surface area (Å²) in [5.74, 6) is -0.230. The number of aromatic nitrogens is 4. The van der Waals surface area contributed by atoms with E-state index in [1.807, 2.05) is 0 Å². The Bertz CT molecular complexity index is 660. The predicted octanol–water partition coefficient (Wildman–Crippen LogP) is -0.847. The van der Waals surface area contributed by atoms with Gasteiger partial charge in [-0.15, -0.1) is 0 Å². The zero-order chi connectivity index (χ0) is 13.9. The van der Waals surface area contributed by atoms with Crippen LogP contribution in [-0.4, -0.2) is 41.1 Å². The van der Waals surface area contributed by atoms with Crippen molar-refractivity contribution < 1.29 is 13.2 Å². The smallest absolute Gasteiger partial charge is 0.279 e. The molecule has 0 aliphatic heterocycles. The van der Waals surface area contributed by atoms with Crippen LogP contribution < -0.4 is 10.0 Å². The summed E-state index contributed by atoms with van der Waals surface area (Å²) in [4.78, 5) is 17.3. The summed E-state index contributed by atoms with van der Waals surface area (Å²) in [7, 11) is -2.21. The fourth-order valence-electron chi connectivity index (χ4n) is 1.33. The molecular weight excluding hydrogens is 272 g/mol. The molecule has 0 aliphatic rings. The molecule has 2 heterocycles. The first-order chi connectivity index (χ1) is 9.01. The first-order valence-electron chi connectivity index (χ1n) is 5.25. The van der Waals surface area contributed by atoms with Crippen LogP contribution >= 0.6 is 0 Å². The van der Waals surface area contributed by atoms with Crippen molar-refractivity contribution in [2.45, 2.75) is 11.6 Å². The molecule has 3 N–H and O–H groups in total. The van der Waals surface area contributed by atoms with Gasteiger partial charge in [-0.25, -0.2) is 4.98 Å². The third-order valence-corrected chi connectivity index (χ3v) is 3.54. The molecule has 0 aliphatic carbocycles. The molecule has 0 atom stereocenters. The standard InChI is InChI=1S/C9H12N6O3S/c1-10-8(16)5-15-4-7(2-13-15)14-19(17,18)9-3-11-6-12-9/h2-4,6,14H,5H2,1H3,(H,10,16)(H,11,12). The van der Waals surface area contributed by atoms with Crippen molar-refractivity contribution in [1.29, 1.82) is 0 Å². The van der Waals surface area contributed by atoms with Gasteiger partial charge in [-0.3, -0.25) is 14.2 Å². The minimum absolute atomic E-state index is 0.0162. The third kappa shape index (κ3) is 3.10. The summed E-state index contributed by atoms with van der Waals surface area (Å²) in [6.07, 6.45) is 5.20. The number of aromatic amines is 1. The topological polar surface area (TPSA) is 122 Å². The number of carbonyl (C=O) groups excluding carboxylic acids is 1. The van der Waals surface area contributed by atoms with Crippen LogP contribution in [0.5, 0.6) is 0 Å². The van der Waals surface area contributed by atoms with Crippen LogP contribution in [0.1, 0.15) is 0 Å². The molecule has 102 valence electrons. The van der Waals surface area contributed by atoms with E-state index in [-0.39, 0.29) is 23.2 Å². The second-order valence-corrected chi connectivity index (χ2v) is 5.27. The number of nitrogens with zero attached hydrogens (tertiary/aromatic N) is 3. The molecule has 2 aromatic heterocycles. The molecule has 2 aromatic rings. The lowest BCUT2D eigenvalue weighted by atomic mass is 10.6. The highest BCUT2D eigenvalue weighted by Crippen LogP contribution is 2.12. The van der Waals surface area contributed by atoms with Crippen molar-refractivity contribution in [2.75, 3.05) is 11.8 Å². The molecule has 0 fully saturated rings. The number of sulfonamides is 1. The number of H-pyrrole nitrogens is 1. The van der Waals surface area contributed by atoms with Crippen molar-refractivity contribution in [3.05, 3.63) is 24.9 Å². The molecule has 19 heavy (non-hydrogen) atoms. The minimum atomic E-state index is -3.71. The van der Waals surface area contributed by atoms with E-state index in [0.717, 1.165) is 0 Å². The van der Waals surface area contributed by atoms with Crippen molar-refractivity contribution in [2.24, 2.45) is 0 Å². The van der Waals surface area contributed by atoms with E-state index in [1.54, 1.807) is 0 Å². The first kappa shape index (κ1) is 13.1. The average Bonchev–Trinajstić information content (AvgIpc) is 3.00. The zero-order valence-corrected chi connectivity index (χ0v) is 10.8. The average molecular weight is 284 g/mol. The Kier molecular flexibility index (Phi) is 3.51. The van der Waals surface area contributed by atoms with Gasteiger partial charge in [-0.1, -0.05) is 0 Å². The molecular formula is C9H12N6O3S. The Morgan fingerprint density at radius 2 is 2.26 bits per heavy atom. The largest absolute Gasteiger partial charge is 0.358 e. The number of anilines is 1. The Hall–Kier alpha value is -2.36. The Morgan fingerprint density at radius 3 is 2.89 bits per heavy atom. The van der Waals surface area contributed by atoms with Crippen molar-refractivity contribution >= 4 is 21.6 Å². The Morgan fingerprint density at radius 1 is 1.47 bits per heavy atom. The minimum Gasteiger partial charge on any atom is -0.358 e. The number of hydrogen-bond acceptors (Lipinski definition) is 5. The second-order valence-electron chi connectivity index (χ2n) is 3.62. The normalized spacial score (nSPS) is 11.2. The Balaban J connectivity index is 2.10. The van der Waals surface area contributed by atoms with E-state index < -0.39 is 10.0 Å². The number of hydrogen-bond donors (Lipinski definition) is 3. The second kappa shape index (κ2) is 5.10. The van der Waals surface area contributed by atoms with Gasteiger partial charge in [0, 0.05) is 13.2 Å². The van der Waals surface area contributed by atoms with E-state index in [1.165, 1.54) is 36.6 Å². The van der Waals surface area contributed by atoms with Crippen LogP contribution in [0.3, 0.4) is 0 Å². The van der Waals surface area contributed by atoms with E-state index >= 15 is 0 Å². The van der Waals surface area contributed by atoms with Gasteiger partial charge in [0.25, 0.3) is 10.0 Å². The van der Waals surface area contributed by atoms with E-state index in [4.69, 9.17) is 0 Å². The molecule has 0 aromatic carbocycles. The quantitative estimate of drug-likeness (QED) is 0.660. The van der Waals surface area contributed by atoms with Crippen LogP contribution in [0, 0.1) is 0 Å². The summed E-state index contributed by atoms with van der Waals surface area (Å²) in [5, 5.41) is 6.26. The van der Waals surface area contributed by atoms with Gasteiger partial charge < -0.3 is 10.3 Å². The number of likely N-dealkylation sites (N-methyl/N-ethyl adjacent to an activating group) is 1. The van der Waals surface area contributed by atoms with E-state index in [0.29, 0.717) is 0 Å². The summed E-state index contributed by atoms with van der Waals surface area (Å²) >= 11 is 0. The van der Waals surface area contributed by atoms with Crippen LogP contribution in [0.15, 0.2) is 29.9 Å². The van der Waals surface area contributed by atoms with Crippen LogP contribution in [-0.2, 0) is 21.4 Å². The highest BCUT2D eigenvalue weighted by Gasteiger charge is 2.16. The number of rotatable bonds is 5. The molecule has 0 saturated heterocycles. The van der Waals surface area contributed by atoms with Gasteiger partial charge in [-0.05, 0) is 0 Å². The molecule has 9 nitrogen and oxygen atoms in total. The van der Waals surface area contributed by atoms with Gasteiger partial charge in [0.1, 0.15) is 6.54 Å². The molecule has 0 radical (unpaired) electrons. The number of imidazole rings is 1. The van der Waals surface area contributed by atoms with Gasteiger partial charge in [0.15, 0.2) is 5.03 Å². The van der Waals surface area contributed by atoms with E-state index in [9.17, 15) is 13.2 Å². The monoisotopic (exact) mass is 284 g/mol. The van der Waals surface area contributed by atoms with Crippen molar-refractivity contribution in [1.82, 2.24) is 25.1 Å². The lowest BCUT2D eigenvalue weighted by Crippen LogP contribution is -2.23. The summed E-state index contributed by atoms with van der Waals surface area (Å²) in [5.41, 5.74) is 0.263. The summed E-state index contributed by atoms with van der Waals surface area (Å²) in [6.45, 7) is 0.0162. The molecule has 0 bridgehead atoms. The van der Waals surface area contributed by atoms with Crippen LogP contribution in [0.4, 0.5) is 5.69 Å². The lowest BCUT2D eigenvalue weighted by molar-refractivity contribution is -0.121. The predicted molar refractivity (Wildman–Crippen MR) is 65.7 cm³/mol. The van der Waals surface area contributed by atoms with Gasteiger partial charge in [0.2, 0.25) is 5.91 Å². The lowest BCUT2D eigenvalue weighted by Gasteiger charge is -2.02. The fraction of sp³-hybridized carbons (Fsp3) is 0.222. The van der Waals surface area contributed by atoms with Crippen molar-refractivity contribution in [3.8, 4) is 0 Å². The van der Waals surface area contributed by atoms with Gasteiger partial charge in [-0.2, -0.15) is 13.5 Å². The van der Waals surface area contributed by atoms with Gasteiger partial charge >= 0.3 is 0 Å². The molecule has 0 spiro atoms. The van der Waals surface area contributed by atoms with Crippen LogP contribution in [0.25, 0.3) is 0 Å². The molecule has 0 saturated carbocycles. The summed E-state index contributed by atoms with van der Waals surface area (Å²) < 4.78 is 27.3. The maximum absolute atomic E-state index is 11.9. The highest BCUT2D eigenvalue weighted by atomic mass is 32.2. The zero-order valence-electron chi connectivity index (χ0n) is 9.99. The van der Waals surface area contributed by atoms with Gasteiger partial charge in [0.05, 0.1) is 24.4 Å². The molecule has 10 heteroatoms. The maximum Gasteiger partial charge on any atom is 0.279 e. The Labute approximate surface area is 109 Å². The molecule has 1 amide bonds. The molecule has 2 rings (SSSR count). The number of amides is 1. The van der Waals surface area contributed by atoms with Crippen LogP contribution in [0.2, 0.25) is 0 Å². The number of carbonyl (C=O) groups is 1. The highest BCUT2D eigenvalue weighted by molar-refractivity contribution is 7.92. The van der Waals surface area contributed by atoms with Crippen molar-refractivity contribution in [3.63, 3.8) is 0 Å². The summed E-state index contributed by atoms with van der Waals surface area (Å²) in [6, 6.07) is 0. The van der Waals surface area contributed by atoms with E-state index in [2.05, 4.69) is 25.1 Å².